The second kappa shape index (κ2) is 9.70. The van der Waals surface area contributed by atoms with Crippen molar-refractivity contribution in [3.8, 4) is 22.6 Å². The number of methoxy groups -OCH3 is 2. The van der Waals surface area contributed by atoms with Gasteiger partial charge in [-0.3, -0.25) is 14.2 Å². The van der Waals surface area contributed by atoms with Crippen molar-refractivity contribution in [3.05, 3.63) is 52.4 Å². The average Bonchev–Trinajstić information content (AvgIpc) is 3.28. The zero-order chi connectivity index (χ0) is 24.4. The van der Waals surface area contributed by atoms with E-state index in [1.807, 2.05) is 0 Å². The fraction of sp³-hybridized carbons (Fsp3) is 0.304. The monoisotopic (exact) mass is 485 g/mol. The molecule has 1 aromatic carbocycles. The molecule has 1 aliphatic heterocycles. The summed E-state index contributed by atoms with van der Waals surface area (Å²) < 4.78 is 17.6. The lowest BCUT2D eigenvalue weighted by Gasteiger charge is -2.20. The molecule has 0 spiro atoms. The standard InChI is InChI=1S/C23H24ClN5O5/c1-5-19(30)26-16-10-34-11-17(16)27-23-25-9-12-6-15(22(31)29(2)21(12)28-23)14-7-13(32-3)8-18(33-4)20(14)24/h5-9,16-17H,1,10-11H2,2-4H3,(H,26,30)(H,25,27,28)/t16-,17+/m0/s1. The molecule has 3 heterocycles. The highest BCUT2D eigenvalue weighted by Crippen LogP contribution is 2.38. The Hall–Kier alpha value is -3.63. The molecule has 0 unspecified atom stereocenters. The first-order valence-electron chi connectivity index (χ1n) is 10.4. The number of pyridine rings is 1. The van der Waals surface area contributed by atoms with Gasteiger partial charge in [0.1, 0.15) is 17.1 Å². The van der Waals surface area contributed by atoms with E-state index in [0.717, 1.165) is 0 Å². The predicted octanol–water partition coefficient (Wildman–Crippen LogP) is 2.15. The van der Waals surface area contributed by atoms with Gasteiger partial charge in [-0.05, 0) is 18.2 Å². The Morgan fingerprint density at radius 3 is 2.71 bits per heavy atom. The SMILES string of the molecule is C=CC(=O)N[C@H]1COC[C@H]1Nc1ncc2cc(-c3cc(OC)cc(OC)c3Cl)c(=O)n(C)c2n1. The van der Waals surface area contributed by atoms with Crippen LogP contribution < -0.4 is 25.7 Å². The summed E-state index contributed by atoms with van der Waals surface area (Å²) in [6, 6.07) is 4.52. The Kier molecular flexibility index (Phi) is 6.71. The number of nitrogens with zero attached hydrogens (tertiary/aromatic N) is 3. The zero-order valence-electron chi connectivity index (χ0n) is 18.9. The average molecular weight is 486 g/mol. The first kappa shape index (κ1) is 23.5. The number of benzene rings is 1. The fourth-order valence-corrected chi connectivity index (χ4v) is 4.08. The van der Waals surface area contributed by atoms with Crippen LogP contribution in [-0.2, 0) is 16.6 Å². The highest BCUT2D eigenvalue weighted by molar-refractivity contribution is 6.35. The molecular formula is C23H24ClN5O5. The summed E-state index contributed by atoms with van der Waals surface area (Å²) in [5.41, 5.74) is 0.974. The third kappa shape index (κ3) is 4.42. The smallest absolute Gasteiger partial charge is 0.259 e. The van der Waals surface area contributed by atoms with Gasteiger partial charge in [-0.15, -0.1) is 0 Å². The van der Waals surface area contributed by atoms with E-state index in [9.17, 15) is 9.59 Å². The third-order valence-electron chi connectivity index (χ3n) is 5.62. The van der Waals surface area contributed by atoms with Crippen LogP contribution in [0.15, 0.2) is 41.8 Å². The van der Waals surface area contributed by atoms with Gasteiger partial charge in [0.15, 0.2) is 0 Å². The Morgan fingerprint density at radius 1 is 1.24 bits per heavy atom. The van der Waals surface area contributed by atoms with Crippen LogP contribution in [0, 0.1) is 0 Å². The molecule has 0 saturated carbocycles. The van der Waals surface area contributed by atoms with Crippen molar-refractivity contribution >= 4 is 34.5 Å². The van der Waals surface area contributed by atoms with E-state index in [-0.39, 0.29) is 23.6 Å². The number of nitrogens with one attached hydrogen (secondary N) is 2. The van der Waals surface area contributed by atoms with Crippen molar-refractivity contribution in [1.29, 1.82) is 0 Å². The van der Waals surface area contributed by atoms with Crippen LogP contribution in [0.2, 0.25) is 5.02 Å². The van der Waals surface area contributed by atoms with E-state index in [4.69, 9.17) is 25.8 Å². The van der Waals surface area contributed by atoms with Crippen molar-refractivity contribution in [2.24, 2.45) is 7.05 Å². The minimum Gasteiger partial charge on any atom is -0.497 e. The Bertz CT molecular complexity index is 1330. The lowest BCUT2D eigenvalue weighted by atomic mass is 10.0. The van der Waals surface area contributed by atoms with Crippen LogP contribution in [0.4, 0.5) is 5.95 Å². The molecule has 178 valence electrons. The lowest BCUT2D eigenvalue weighted by Crippen LogP contribution is -2.45. The maximum absolute atomic E-state index is 13.3. The van der Waals surface area contributed by atoms with E-state index in [0.29, 0.717) is 57.8 Å². The fourth-order valence-electron chi connectivity index (χ4n) is 3.79. The molecule has 2 atom stereocenters. The summed E-state index contributed by atoms with van der Waals surface area (Å²) in [5.74, 6) is 0.922. The molecule has 10 nitrogen and oxygen atoms in total. The van der Waals surface area contributed by atoms with Gasteiger partial charge in [-0.1, -0.05) is 18.2 Å². The molecule has 0 aliphatic carbocycles. The Labute approximate surface area is 200 Å². The van der Waals surface area contributed by atoms with Crippen LogP contribution in [0.5, 0.6) is 11.5 Å². The topological polar surface area (TPSA) is 117 Å². The molecule has 4 rings (SSSR count). The normalized spacial score (nSPS) is 17.4. The summed E-state index contributed by atoms with van der Waals surface area (Å²) in [5, 5.41) is 6.93. The third-order valence-corrected chi connectivity index (χ3v) is 6.00. The number of aromatic nitrogens is 3. The minimum absolute atomic E-state index is 0.235. The summed E-state index contributed by atoms with van der Waals surface area (Å²) in [4.78, 5) is 33.8. The van der Waals surface area contributed by atoms with Crippen molar-refractivity contribution in [2.75, 3.05) is 32.8 Å². The van der Waals surface area contributed by atoms with E-state index in [2.05, 4.69) is 27.2 Å². The zero-order valence-corrected chi connectivity index (χ0v) is 19.7. The number of rotatable bonds is 7. The largest absolute Gasteiger partial charge is 0.497 e. The molecule has 0 bridgehead atoms. The van der Waals surface area contributed by atoms with Gasteiger partial charge in [-0.25, -0.2) is 4.98 Å². The quantitative estimate of drug-likeness (QED) is 0.489. The summed E-state index contributed by atoms with van der Waals surface area (Å²) in [7, 11) is 4.65. The molecule has 1 aliphatic rings. The highest BCUT2D eigenvalue weighted by Gasteiger charge is 2.30. The number of amides is 1. The van der Waals surface area contributed by atoms with Gasteiger partial charge < -0.3 is 24.8 Å². The van der Waals surface area contributed by atoms with Crippen LogP contribution in [-0.4, -0.2) is 60.0 Å². The minimum atomic E-state index is -0.297. The molecule has 1 saturated heterocycles. The van der Waals surface area contributed by atoms with Crippen LogP contribution >= 0.6 is 11.6 Å². The molecular weight excluding hydrogens is 462 g/mol. The lowest BCUT2D eigenvalue weighted by molar-refractivity contribution is -0.117. The highest BCUT2D eigenvalue weighted by atomic mass is 35.5. The summed E-state index contributed by atoms with van der Waals surface area (Å²) in [6.07, 6.45) is 2.82. The number of anilines is 1. The van der Waals surface area contributed by atoms with Crippen LogP contribution in [0.25, 0.3) is 22.2 Å². The predicted molar refractivity (Wildman–Crippen MR) is 129 cm³/mol. The van der Waals surface area contributed by atoms with E-state index in [1.54, 1.807) is 31.4 Å². The van der Waals surface area contributed by atoms with E-state index in [1.165, 1.54) is 24.9 Å². The molecule has 3 aromatic rings. The van der Waals surface area contributed by atoms with Gasteiger partial charge in [0.25, 0.3) is 5.56 Å². The summed E-state index contributed by atoms with van der Waals surface area (Å²) >= 11 is 6.51. The number of aryl methyl sites for hydroxylation is 1. The Balaban J connectivity index is 1.71. The molecule has 0 radical (unpaired) electrons. The van der Waals surface area contributed by atoms with Crippen LogP contribution in [0.3, 0.4) is 0 Å². The van der Waals surface area contributed by atoms with Gasteiger partial charge in [0.2, 0.25) is 11.9 Å². The second-order valence-corrected chi connectivity index (χ2v) is 8.07. The van der Waals surface area contributed by atoms with Crippen LogP contribution in [0.1, 0.15) is 0 Å². The van der Waals surface area contributed by atoms with Gasteiger partial charge in [-0.2, -0.15) is 4.98 Å². The first-order chi connectivity index (χ1) is 16.4. The van der Waals surface area contributed by atoms with Crippen molar-refractivity contribution in [3.63, 3.8) is 0 Å². The number of halogens is 1. The molecule has 2 aromatic heterocycles. The van der Waals surface area contributed by atoms with Crippen molar-refractivity contribution < 1.29 is 19.0 Å². The van der Waals surface area contributed by atoms with Crippen molar-refractivity contribution in [2.45, 2.75) is 12.1 Å². The van der Waals surface area contributed by atoms with Crippen molar-refractivity contribution in [1.82, 2.24) is 19.9 Å². The number of fused-ring (bicyclic) bond motifs is 1. The Morgan fingerprint density at radius 2 is 2.00 bits per heavy atom. The number of ether oxygens (including phenoxy) is 3. The number of hydrogen-bond acceptors (Lipinski definition) is 8. The second-order valence-electron chi connectivity index (χ2n) is 7.69. The maximum Gasteiger partial charge on any atom is 0.259 e. The van der Waals surface area contributed by atoms with E-state index < -0.39 is 0 Å². The van der Waals surface area contributed by atoms with Gasteiger partial charge in [0, 0.05) is 35.8 Å². The number of carbonyl (C=O) groups excluding carboxylic acids is 1. The summed E-state index contributed by atoms with van der Waals surface area (Å²) in [6.45, 7) is 4.20. The molecule has 1 amide bonds. The first-order valence-corrected chi connectivity index (χ1v) is 10.8. The van der Waals surface area contributed by atoms with Gasteiger partial charge >= 0.3 is 0 Å². The number of hydrogen-bond donors (Lipinski definition) is 2. The number of carbonyl (C=O) groups is 1. The van der Waals surface area contributed by atoms with Gasteiger partial charge in [0.05, 0.1) is 44.5 Å². The molecule has 1 fully saturated rings. The molecule has 34 heavy (non-hydrogen) atoms. The van der Waals surface area contributed by atoms with E-state index >= 15 is 0 Å². The molecule has 11 heteroatoms. The molecule has 2 N–H and O–H groups in total. The maximum atomic E-state index is 13.3.